The summed E-state index contributed by atoms with van der Waals surface area (Å²) in [6, 6.07) is 20.5. The number of hydrogen-bond donors (Lipinski definition) is 0. The van der Waals surface area contributed by atoms with Gasteiger partial charge in [0.05, 0.1) is 17.3 Å². The van der Waals surface area contributed by atoms with Gasteiger partial charge in [-0.15, -0.1) is 0 Å². The molecule has 0 atom stereocenters. The van der Waals surface area contributed by atoms with Gasteiger partial charge in [-0.25, -0.2) is 4.39 Å². The van der Waals surface area contributed by atoms with E-state index < -0.39 is 0 Å². The number of nitriles is 1. The minimum absolute atomic E-state index is 0.203. The molecule has 3 heteroatoms. The second kappa shape index (κ2) is 9.10. The number of allylic oxidation sites excluding steroid dienone is 1. The van der Waals surface area contributed by atoms with Gasteiger partial charge >= 0.3 is 0 Å². The molecular formula is C25H23FN2. The maximum Gasteiger partial charge on any atom is 0.123 e. The van der Waals surface area contributed by atoms with E-state index in [4.69, 9.17) is 4.98 Å². The predicted octanol–water partition coefficient (Wildman–Crippen LogP) is 6.36. The molecule has 0 N–H and O–H groups in total. The maximum absolute atomic E-state index is 13.4. The van der Waals surface area contributed by atoms with Crippen LogP contribution in [0.3, 0.4) is 0 Å². The van der Waals surface area contributed by atoms with Crippen molar-refractivity contribution in [1.29, 1.82) is 5.26 Å². The average molecular weight is 370 g/mol. The molecule has 3 rings (SSSR count). The maximum atomic E-state index is 13.4. The molecule has 0 amide bonds. The van der Waals surface area contributed by atoms with E-state index in [0.717, 1.165) is 59.3 Å². The lowest BCUT2D eigenvalue weighted by atomic mass is 9.97. The Labute approximate surface area is 166 Å². The molecule has 0 saturated heterocycles. The zero-order valence-electron chi connectivity index (χ0n) is 16.1. The Balaban J connectivity index is 1.88. The quantitative estimate of drug-likeness (QED) is 0.485. The fourth-order valence-corrected chi connectivity index (χ4v) is 3.31. The van der Waals surface area contributed by atoms with Crippen molar-refractivity contribution < 1.29 is 4.39 Å². The second-order valence-corrected chi connectivity index (χ2v) is 6.79. The SMILES string of the molecule is C=C(CC)c1ccc(-c2ccccc2C#N)nc1CCCc1cccc(F)c1. The summed E-state index contributed by atoms with van der Waals surface area (Å²) in [7, 11) is 0. The van der Waals surface area contributed by atoms with E-state index in [1.165, 1.54) is 6.07 Å². The van der Waals surface area contributed by atoms with Crippen LogP contribution >= 0.6 is 0 Å². The molecule has 0 aliphatic rings. The molecule has 3 aromatic rings. The lowest BCUT2D eigenvalue weighted by Gasteiger charge is -2.13. The van der Waals surface area contributed by atoms with Gasteiger partial charge in [0.2, 0.25) is 0 Å². The summed E-state index contributed by atoms with van der Waals surface area (Å²) in [5.41, 5.74) is 6.34. The van der Waals surface area contributed by atoms with Crippen LogP contribution in [0, 0.1) is 17.1 Å². The van der Waals surface area contributed by atoms with Crippen LogP contribution in [0.15, 0.2) is 67.2 Å². The Morgan fingerprint density at radius 3 is 2.64 bits per heavy atom. The summed E-state index contributed by atoms with van der Waals surface area (Å²) >= 11 is 0. The molecule has 0 aliphatic carbocycles. The standard InChI is InChI=1S/C25H23FN2/c1-3-18(2)22-14-15-25(23-12-5-4-10-20(23)17-27)28-24(22)13-7-9-19-8-6-11-21(26)16-19/h4-6,8,10-12,14-16H,2-3,7,9,13H2,1H3. The van der Waals surface area contributed by atoms with Crippen molar-refractivity contribution in [2.75, 3.05) is 0 Å². The summed E-state index contributed by atoms with van der Waals surface area (Å²) in [5, 5.41) is 9.40. The van der Waals surface area contributed by atoms with Gasteiger partial charge in [0.15, 0.2) is 0 Å². The van der Waals surface area contributed by atoms with E-state index in [2.05, 4.69) is 25.6 Å². The van der Waals surface area contributed by atoms with Crippen molar-refractivity contribution in [2.24, 2.45) is 0 Å². The molecular weight excluding hydrogens is 347 g/mol. The van der Waals surface area contributed by atoms with Crippen LogP contribution in [0.25, 0.3) is 16.8 Å². The van der Waals surface area contributed by atoms with Crippen molar-refractivity contribution in [3.05, 3.63) is 95.4 Å². The minimum Gasteiger partial charge on any atom is -0.252 e. The molecule has 2 nitrogen and oxygen atoms in total. The highest BCUT2D eigenvalue weighted by atomic mass is 19.1. The Morgan fingerprint density at radius 2 is 1.89 bits per heavy atom. The van der Waals surface area contributed by atoms with Gasteiger partial charge in [-0.2, -0.15) is 5.26 Å². The van der Waals surface area contributed by atoms with E-state index in [1.807, 2.05) is 30.3 Å². The Hall–Kier alpha value is -3.25. The largest absolute Gasteiger partial charge is 0.252 e. The number of aromatic nitrogens is 1. The van der Waals surface area contributed by atoms with Crippen LogP contribution in [0.1, 0.15) is 42.1 Å². The van der Waals surface area contributed by atoms with Gasteiger partial charge in [-0.05, 0) is 66.6 Å². The van der Waals surface area contributed by atoms with Crippen LogP contribution in [0.4, 0.5) is 4.39 Å². The van der Waals surface area contributed by atoms with Crippen molar-refractivity contribution in [3.63, 3.8) is 0 Å². The van der Waals surface area contributed by atoms with E-state index in [9.17, 15) is 9.65 Å². The van der Waals surface area contributed by atoms with Crippen molar-refractivity contribution in [2.45, 2.75) is 32.6 Å². The third-order valence-corrected chi connectivity index (χ3v) is 4.87. The summed E-state index contributed by atoms with van der Waals surface area (Å²) in [6.07, 6.45) is 3.28. The molecule has 28 heavy (non-hydrogen) atoms. The molecule has 1 heterocycles. The van der Waals surface area contributed by atoms with Gasteiger partial charge in [0.25, 0.3) is 0 Å². The van der Waals surface area contributed by atoms with Crippen molar-refractivity contribution in [1.82, 2.24) is 4.98 Å². The van der Waals surface area contributed by atoms with E-state index in [1.54, 1.807) is 18.2 Å². The molecule has 0 saturated carbocycles. The summed E-state index contributed by atoms with van der Waals surface area (Å²) in [6.45, 7) is 6.26. The average Bonchev–Trinajstić information content (AvgIpc) is 2.73. The zero-order valence-corrected chi connectivity index (χ0v) is 16.1. The van der Waals surface area contributed by atoms with Gasteiger partial charge in [0.1, 0.15) is 5.82 Å². The Morgan fingerprint density at radius 1 is 1.07 bits per heavy atom. The molecule has 2 aromatic carbocycles. The zero-order chi connectivity index (χ0) is 19.9. The number of halogens is 1. The molecule has 1 aromatic heterocycles. The fraction of sp³-hybridized carbons (Fsp3) is 0.200. The van der Waals surface area contributed by atoms with Crippen molar-refractivity contribution in [3.8, 4) is 17.3 Å². The van der Waals surface area contributed by atoms with Crippen LogP contribution in [-0.2, 0) is 12.8 Å². The van der Waals surface area contributed by atoms with E-state index in [-0.39, 0.29) is 5.82 Å². The van der Waals surface area contributed by atoms with Crippen LogP contribution in [0.2, 0.25) is 0 Å². The smallest absolute Gasteiger partial charge is 0.123 e. The third-order valence-electron chi connectivity index (χ3n) is 4.87. The first-order valence-corrected chi connectivity index (χ1v) is 9.54. The number of aryl methyl sites for hydroxylation is 2. The van der Waals surface area contributed by atoms with E-state index in [0.29, 0.717) is 5.56 Å². The highest BCUT2D eigenvalue weighted by Crippen LogP contribution is 2.27. The highest BCUT2D eigenvalue weighted by Gasteiger charge is 2.12. The number of hydrogen-bond acceptors (Lipinski definition) is 2. The predicted molar refractivity (Wildman–Crippen MR) is 112 cm³/mol. The first-order chi connectivity index (χ1) is 13.6. The van der Waals surface area contributed by atoms with Crippen LogP contribution < -0.4 is 0 Å². The normalized spacial score (nSPS) is 10.5. The minimum atomic E-state index is -0.203. The topological polar surface area (TPSA) is 36.7 Å². The lowest BCUT2D eigenvalue weighted by Crippen LogP contribution is -2.01. The Kier molecular flexibility index (Phi) is 6.34. The fourth-order valence-electron chi connectivity index (χ4n) is 3.31. The molecule has 0 spiro atoms. The number of benzene rings is 2. The highest BCUT2D eigenvalue weighted by molar-refractivity contribution is 5.71. The number of nitrogens with zero attached hydrogens (tertiary/aromatic N) is 2. The van der Waals surface area contributed by atoms with Gasteiger partial charge in [0, 0.05) is 11.3 Å². The Bertz CT molecular complexity index is 1030. The van der Waals surface area contributed by atoms with Crippen LogP contribution in [0.5, 0.6) is 0 Å². The molecule has 0 fully saturated rings. The second-order valence-electron chi connectivity index (χ2n) is 6.79. The molecule has 0 aliphatic heterocycles. The lowest BCUT2D eigenvalue weighted by molar-refractivity contribution is 0.624. The van der Waals surface area contributed by atoms with Gasteiger partial charge in [-0.3, -0.25) is 4.98 Å². The number of pyridine rings is 1. The number of rotatable bonds is 7. The first-order valence-electron chi connectivity index (χ1n) is 9.54. The van der Waals surface area contributed by atoms with E-state index >= 15 is 0 Å². The molecule has 140 valence electrons. The summed E-state index contributed by atoms with van der Waals surface area (Å²) < 4.78 is 13.4. The molecule has 0 bridgehead atoms. The summed E-state index contributed by atoms with van der Waals surface area (Å²) in [5.74, 6) is -0.203. The monoisotopic (exact) mass is 370 g/mol. The molecule has 0 radical (unpaired) electrons. The first kappa shape index (κ1) is 19.5. The van der Waals surface area contributed by atoms with Crippen LogP contribution in [-0.4, -0.2) is 4.98 Å². The van der Waals surface area contributed by atoms with Crippen molar-refractivity contribution >= 4 is 5.57 Å². The van der Waals surface area contributed by atoms with Gasteiger partial charge in [-0.1, -0.05) is 49.9 Å². The third kappa shape index (κ3) is 4.53. The van der Waals surface area contributed by atoms with Gasteiger partial charge < -0.3 is 0 Å². The molecule has 0 unspecified atom stereocenters. The summed E-state index contributed by atoms with van der Waals surface area (Å²) in [4.78, 5) is 4.88.